The number of ether oxygens (including phenoxy) is 2. The summed E-state index contributed by atoms with van der Waals surface area (Å²) in [5.74, 6) is 0.911. The Bertz CT molecular complexity index is 661. The zero-order valence-electron chi connectivity index (χ0n) is 15.4. The molecule has 1 aromatic carbocycles. The molecule has 136 valence electrons. The molecule has 1 saturated heterocycles. The van der Waals surface area contributed by atoms with Gasteiger partial charge in [0.2, 0.25) is 5.91 Å². The van der Waals surface area contributed by atoms with Crippen LogP contribution >= 0.6 is 0 Å². The van der Waals surface area contributed by atoms with E-state index in [0.717, 1.165) is 12.0 Å². The van der Waals surface area contributed by atoms with Crippen LogP contribution in [0, 0.1) is 0 Å². The van der Waals surface area contributed by atoms with E-state index in [1.165, 1.54) is 7.11 Å². The van der Waals surface area contributed by atoms with Crippen LogP contribution < -0.4 is 9.47 Å². The molecule has 0 atom stereocenters. The smallest absolute Gasteiger partial charge is 0.257 e. The second kappa shape index (κ2) is 8.55. The average molecular weight is 346 g/mol. The first-order chi connectivity index (χ1) is 12.0. The molecule has 2 amide bonds. The molecule has 1 fully saturated rings. The minimum Gasteiger partial charge on any atom is -0.493 e. The van der Waals surface area contributed by atoms with Gasteiger partial charge in [0, 0.05) is 31.8 Å². The van der Waals surface area contributed by atoms with Crippen molar-refractivity contribution in [2.45, 2.75) is 20.3 Å². The number of nitrogens with zero attached hydrogens (tertiary/aromatic N) is 2. The Morgan fingerprint density at radius 3 is 2.28 bits per heavy atom. The Morgan fingerprint density at radius 2 is 1.72 bits per heavy atom. The summed E-state index contributed by atoms with van der Waals surface area (Å²) in [6, 6.07) is 5.26. The lowest BCUT2D eigenvalue weighted by Crippen LogP contribution is -2.50. The SMILES string of the molecule is CC/C=C(/C)C(=O)N1CCN(C(=O)c2cccc(OC)c2OC)CC1. The first-order valence-corrected chi connectivity index (χ1v) is 8.49. The lowest BCUT2D eigenvalue weighted by Gasteiger charge is -2.35. The number of carbonyl (C=O) groups is 2. The summed E-state index contributed by atoms with van der Waals surface area (Å²) in [6.07, 6.45) is 2.77. The molecule has 1 aliphatic heterocycles. The van der Waals surface area contributed by atoms with Gasteiger partial charge in [0.05, 0.1) is 19.8 Å². The Morgan fingerprint density at radius 1 is 1.08 bits per heavy atom. The molecule has 0 unspecified atom stereocenters. The summed E-state index contributed by atoms with van der Waals surface area (Å²) in [5, 5.41) is 0. The van der Waals surface area contributed by atoms with E-state index in [9.17, 15) is 9.59 Å². The maximum Gasteiger partial charge on any atom is 0.257 e. The highest BCUT2D eigenvalue weighted by molar-refractivity contribution is 5.98. The highest BCUT2D eigenvalue weighted by Gasteiger charge is 2.27. The number of rotatable bonds is 5. The Hall–Kier alpha value is -2.50. The molecular formula is C19H26N2O4. The number of hydrogen-bond acceptors (Lipinski definition) is 4. The van der Waals surface area contributed by atoms with E-state index >= 15 is 0 Å². The van der Waals surface area contributed by atoms with Crippen LogP contribution in [0.4, 0.5) is 0 Å². The number of piperazine rings is 1. The van der Waals surface area contributed by atoms with Crippen LogP contribution in [0.15, 0.2) is 29.8 Å². The van der Waals surface area contributed by atoms with Crippen molar-refractivity contribution in [1.29, 1.82) is 0 Å². The summed E-state index contributed by atoms with van der Waals surface area (Å²) >= 11 is 0. The van der Waals surface area contributed by atoms with Gasteiger partial charge in [0.25, 0.3) is 5.91 Å². The van der Waals surface area contributed by atoms with Crippen molar-refractivity contribution in [2.24, 2.45) is 0 Å². The fourth-order valence-corrected chi connectivity index (χ4v) is 2.98. The number of carbonyl (C=O) groups excluding carboxylic acids is 2. The van der Waals surface area contributed by atoms with Gasteiger partial charge >= 0.3 is 0 Å². The highest BCUT2D eigenvalue weighted by atomic mass is 16.5. The topological polar surface area (TPSA) is 59.1 Å². The fraction of sp³-hybridized carbons (Fsp3) is 0.474. The summed E-state index contributed by atoms with van der Waals surface area (Å²) < 4.78 is 10.6. The van der Waals surface area contributed by atoms with Gasteiger partial charge in [0.1, 0.15) is 0 Å². The number of benzene rings is 1. The molecule has 0 radical (unpaired) electrons. The molecule has 25 heavy (non-hydrogen) atoms. The van der Waals surface area contributed by atoms with Crippen molar-refractivity contribution in [3.63, 3.8) is 0 Å². The molecule has 0 bridgehead atoms. The molecule has 1 aliphatic rings. The van der Waals surface area contributed by atoms with Gasteiger partial charge in [0.15, 0.2) is 11.5 Å². The van der Waals surface area contributed by atoms with Crippen molar-refractivity contribution >= 4 is 11.8 Å². The minimum atomic E-state index is -0.108. The van der Waals surface area contributed by atoms with Gasteiger partial charge in [-0.15, -0.1) is 0 Å². The van der Waals surface area contributed by atoms with Crippen LogP contribution in [0.5, 0.6) is 11.5 Å². The number of hydrogen-bond donors (Lipinski definition) is 0. The first-order valence-electron chi connectivity index (χ1n) is 8.49. The van der Waals surface area contributed by atoms with Crippen LogP contribution in [0.3, 0.4) is 0 Å². The lowest BCUT2D eigenvalue weighted by molar-refractivity contribution is -0.128. The number of methoxy groups -OCH3 is 2. The minimum absolute atomic E-state index is 0.0490. The summed E-state index contributed by atoms with van der Waals surface area (Å²) in [5.41, 5.74) is 1.24. The third-order valence-electron chi connectivity index (χ3n) is 4.34. The van der Waals surface area contributed by atoms with Crippen LogP contribution in [0.2, 0.25) is 0 Å². The Labute approximate surface area is 149 Å². The Balaban J connectivity index is 2.07. The molecule has 0 spiro atoms. The predicted octanol–water partition coefficient (Wildman–Crippen LogP) is 2.34. The first kappa shape index (κ1) is 18.8. The average Bonchev–Trinajstić information content (AvgIpc) is 2.66. The second-order valence-corrected chi connectivity index (χ2v) is 5.92. The second-order valence-electron chi connectivity index (χ2n) is 5.92. The third-order valence-corrected chi connectivity index (χ3v) is 4.34. The van der Waals surface area contributed by atoms with Crippen molar-refractivity contribution in [2.75, 3.05) is 40.4 Å². The van der Waals surface area contributed by atoms with E-state index in [-0.39, 0.29) is 11.8 Å². The maximum atomic E-state index is 12.8. The normalized spacial score (nSPS) is 15.1. The quantitative estimate of drug-likeness (QED) is 0.768. The molecule has 0 saturated carbocycles. The van der Waals surface area contributed by atoms with Gasteiger partial charge in [-0.25, -0.2) is 0 Å². The molecule has 2 rings (SSSR count). The molecular weight excluding hydrogens is 320 g/mol. The summed E-state index contributed by atoms with van der Waals surface area (Å²) in [4.78, 5) is 28.7. The van der Waals surface area contributed by atoms with Gasteiger partial charge in [-0.3, -0.25) is 9.59 Å². The maximum absolute atomic E-state index is 12.8. The number of para-hydroxylation sites is 1. The standard InChI is InChI=1S/C19H26N2O4/c1-5-7-14(2)18(22)20-10-12-21(13-11-20)19(23)15-8-6-9-16(24-3)17(15)25-4/h6-9H,5,10-13H2,1-4H3/b14-7-. The van der Waals surface area contributed by atoms with Crippen LogP contribution in [-0.4, -0.2) is 62.0 Å². The van der Waals surface area contributed by atoms with E-state index in [1.54, 1.807) is 35.1 Å². The van der Waals surface area contributed by atoms with E-state index < -0.39 is 0 Å². The van der Waals surface area contributed by atoms with Gasteiger partial charge < -0.3 is 19.3 Å². The van der Waals surface area contributed by atoms with Crippen LogP contribution in [0.25, 0.3) is 0 Å². The fourth-order valence-electron chi connectivity index (χ4n) is 2.98. The molecule has 0 aromatic heterocycles. The number of amides is 2. The van der Waals surface area contributed by atoms with Crippen molar-refractivity contribution in [3.8, 4) is 11.5 Å². The summed E-state index contributed by atoms with van der Waals surface area (Å²) in [6.45, 7) is 5.92. The molecule has 0 aliphatic carbocycles. The summed E-state index contributed by atoms with van der Waals surface area (Å²) in [7, 11) is 3.07. The molecule has 1 aromatic rings. The van der Waals surface area contributed by atoms with Gasteiger partial charge in [-0.05, 0) is 25.5 Å². The monoisotopic (exact) mass is 346 g/mol. The van der Waals surface area contributed by atoms with E-state index in [2.05, 4.69) is 0 Å². The lowest BCUT2D eigenvalue weighted by atomic mass is 10.1. The van der Waals surface area contributed by atoms with E-state index in [4.69, 9.17) is 9.47 Å². The van der Waals surface area contributed by atoms with E-state index in [1.807, 2.05) is 19.9 Å². The molecule has 0 N–H and O–H groups in total. The molecule has 6 heteroatoms. The van der Waals surface area contributed by atoms with Crippen LogP contribution in [-0.2, 0) is 4.79 Å². The zero-order valence-corrected chi connectivity index (χ0v) is 15.4. The Kier molecular flexibility index (Phi) is 6.44. The van der Waals surface area contributed by atoms with Crippen molar-refractivity contribution in [1.82, 2.24) is 9.80 Å². The predicted molar refractivity (Wildman–Crippen MR) is 96.1 cm³/mol. The van der Waals surface area contributed by atoms with Gasteiger partial charge in [-0.2, -0.15) is 0 Å². The number of allylic oxidation sites excluding steroid dienone is 1. The van der Waals surface area contributed by atoms with Crippen molar-refractivity contribution in [3.05, 3.63) is 35.4 Å². The van der Waals surface area contributed by atoms with Crippen LogP contribution in [0.1, 0.15) is 30.6 Å². The van der Waals surface area contributed by atoms with E-state index in [0.29, 0.717) is 43.2 Å². The zero-order chi connectivity index (χ0) is 18.4. The largest absolute Gasteiger partial charge is 0.493 e. The molecule has 1 heterocycles. The van der Waals surface area contributed by atoms with Gasteiger partial charge in [-0.1, -0.05) is 19.1 Å². The highest BCUT2D eigenvalue weighted by Crippen LogP contribution is 2.31. The van der Waals surface area contributed by atoms with Crippen molar-refractivity contribution < 1.29 is 19.1 Å². The third kappa shape index (κ3) is 4.13. The molecule has 6 nitrogen and oxygen atoms in total.